The van der Waals surface area contributed by atoms with Crippen LogP contribution in [0.4, 0.5) is 0 Å². The highest BCUT2D eigenvalue weighted by Gasteiger charge is 2.28. The number of terminal acetylenes is 1. The van der Waals surface area contributed by atoms with E-state index in [1.165, 1.54) is 39.9 Å². The Morgan fingerprint density at radius 3 is 2.46 bits per heavy atom. The molecule has 1 saturated heterocycles. The van der Waals surface area contributed by atoms with E-state index in [0.29, 0.717) is 54.1 Å². The molecule has 8 nitrogen and oxygen atoms in total. The van der Waals surface area contributed by atoms with Gasteiger partial charge in [-0.25, -0.2) is 8.42 Å². The fourth-order valence-corrected chi connectivity index (χ4v) is 6.74. The van der Waals surface area contributed by atoms with Gasteiger partial charge < -0.3 is 14.0 Å². The van der Waals surface area contributed by atoms with Crippen LogP contribution in [0.25, 0.3) is 10.2 Å². The smallest absolute Gasteiger partial charge is 0.279 e. The Kier molecular flexibility index (Phi) is 6.40. The molecule has 3 aromatic rings. The molecule has 2 aliphatic heterocycles. The van der Waals surface area contributed by atoms with Crippen molar-refractivity contribution in [3.63, 3.8) is 0 Å². The van der Waals surface area contributed by atoms with Gasteiger partial charge in [0.05, 0.1) is 21.7 Å². The monoisotopic (exact) mass is 511 g/mol. The second kappa shape index (κ2) is 9.49. The molecule has 3 heterocycles. The maximum Gasteiger partial charge on any atom is 0.279 e. The third kappa shape index (κ3) is 4.59. The third-order valence-electron chi connectivity index (χ3n) is 6.27. The van der Waals surface area contributed by atoms with Crippen molar-refractivity contribution in [2.75, 3.05) is 26.3 Å². The van der Waals surface area contributed by atoms with Gasteiger partial charge in [-0.1, -0.05) is 24.2 Å². The molecular formula is C25H25N3O5S2. The van der Waals surface area contributed by atoms with Crippen LogP contribution in [-0.4, -0.2) is 49.5 Å². The van der Waals surface area contributed by atoms with Gasteiger partial charge in [0.25, 0.3) is 5.91 Å². The van der Waals surface area contributed by atoms with Gasteiger partial charge in [-0.2, -0.15) is 9.30 Å². The zero-order valence-corrected chi connectivity index (χ0v) is 20.9. The van der Waals surface area contributed by atoms with Crippen molar-refractivity contribution in [2.45, 2.75) is 31.2 Å². The van der Waals surface area contributed by atoms with Crippen molar-refractivity contribution in [1.29, 1.82) is 0 Å². The molecule has 0 unspecified atom stereocenters. The zero-order valence-electron chi connectivity index (χ0n) is 19.3. The van der Waals surface area contributed by atoms with Crippen LogP contribution in [0.1, 0.15) is 30.1 Å². The van der Waals surface area contributed by atoms with Crippen LogP contribution in [0.3, 0.4) is 0 Å². The summed E-state index contributed by atoms with van der Waals surface area (Å²) in [5, 5.41) is 0. The summed E-state index contributed by atoms with van der Waals surface area (Å²) < 4.78 is 41.4. The van der Waals surface area contributed by atoms with Gasteiger partial charge >= 0.3 is 0 Å². The molecule has 0 N–H and O–H groups in total. The molecule has 1 fully saturated rings. The van der Waals surface area contributed by atoms with E-state index in [1.54, 1.807) is 4.57 Å². The molecule has 0 atom stereocenters. The Bertz CT molecular complexity index is 1490. The van der Waals surface area contributed by atoms with Gasteiger partial charge in [0.1, 0.15) is 13.2 Å². The van der Waals surface area contributed by atoms with Gasteiger partial charge in [-0.05, 0) is 43.0 Å². The number of nitrogens with zero attached hydrogens (tertiary/aromatic N) is 3. The second-order valence-corrected chi connectivity index (χ2v) is 11.6. The number of hydrogen-bond donors (Lipinski definition) is 0. The summed E-state index contributed by atoms with van der Waals surface area (Å²) in [4.78, 5) is 17.9. The first kappa shape index (κ1) is 23.6. The number of ether oxygens (including phenoxy) is 2. The Labute approximate surface area is 207 Å². The topological polar surface area (TPSA) is 90.2 Å². The fraction of sp³-hybridized carbons (Fsp3) is 0.360. The molecule has 182 valence electrons. The van der Waals surface area contributed by atoms with Gasteiger partial charge in [0, 0.05) is 30.8 Å². The molecule has 0 bridgehead atoms. The Hall–Kier alpha value is -3.13. The number of amides is 1. The SMILES string of the molecule is C#CCn1c(=NC(=O)c2ccc(S(=O)(=O)N3CCC(C)CC3)cc2)sc2cc3c(cc21)OCCO3. The number of fused-ring (bicyclic) bond motifs is 2. The van der Waals surface area contributed by atoms with E-state index in [1.807, 2.05) is 12.1 Å². The molecule has 1 amide bonds. The number of hydrogen-bond acceptors (Lipinski definition) is 6. The molecule has 2 aliphatic rings. The number of sulfonamides is 1. The number of aromatic nitrogens is 1. The van der Waals surface area contributed by atoms with Crippen LogP contribution in [-0.2, 0) is 16.6 Å². The van der Waals surface area contributed by atoms with E-state index in [2.05, 4.69) is 17.8 Å². The highest BCUT2D eigenvalue weighted by atomic mass is 32.2. The lowest BCUT2D eigenvalue weighted by molar-refractivity contribution is 0.0997. The average molecular weight is 512 g/mol. The van der Waals surface area contributed by atoms with E-state index in [-0.39, 0.29) is 11.4 Å². The van der Waals surface area contributed by atoms with Crippen molar-refractivity contribution in [3.8, 4) is 23.8 Å². The number of thiazole rings is 1. The Balaban J connectivity index is 1.45. The minimum Gasteiger partial charge on any atom is -0.486 e. The van der Waals surface area contributed by atoms with Crippen molar-refractivity contribution in [2.24, 2.45) is 10.9 Å². The summed E-state index contributed by atoms with van der Waals surface area (Å²) in [6.07, 6.45) is 7.28. The summed E-state index contributed by atoms with van der Waals surface area (Å²) in [5.41, 5.74) is 1.10. The standard InChI is InChI=1S/C25H25N3O5S2/c1-3-10-28-20-15-21-22(33-14-13-32-21)16-23(20)34-25(28)26-24(29)18-4-6-19(7-5-18)35(30,31)27-11-8-17(2)9-12-27/h1,4-7,15-17H,8-14H2,2H3. The van der Waals surface area contributed by atoms with Crippen LogP contribution in [0, 0.1) is 18.3 Å². The largest absolute Gasteiger partial charge is 0.486 e. The normalized spacial score (nSPS) is 17.4. The van der Waals surface area contributed by atoms with E-state index in [0.717, 1.165) is 23.1 Å². The van der Waals surface area contributed by atoms with Crippen LogP contribution in [0.15, 0.2) is 46.3 Å². The number of piperidine rings is 1. The number of rotatable bonds is 4. The molecule has 0 radical (unpaired) electrons. The fourth-order valence-electron chi connectivity index (χ4n) is 4.23. The van der Waals surface area contributed by atoms with Crippen molar-refractivity contribution < 1.29 is 22.7 Å². The lowest BCUT2D eigenvalue weighted by atomic mass is 10.0. The molecule has 2 aromatic carbocycles. The molecule has 0 spiro atoms. The summed E-state index contributed by atoms with van der Waals surface area (Å²) in [6, 6.07) is 9.67. The zero-order chi connectivity index (χ0) is 24.6. The van der Waals surface area contributed by atoms with Crippen molar-refractivity contribution in [3.05, 3.63) is 46.8 Å². The molecular weight excluding hydrogens is 486 g/mol. The maximum atomic E-state index is 13.0. The quantitative estimate of drug-likeness (QED) is 0.502. The summed E-state index contributed by atoms with van der Waals surface area (Å²) >= 11 is 1.33. The van der Waals surface area contributed by atoms with E-state index < -0.39 is 15.9 Å². The van der Waals surface area contributed by atoms with Crippen LogP contribution < -0.4 is 14.3 Å². The highest BCUT2D eigenvalue weighted by molar-refractivity contribution is 7.89. The minimum absolute atomic E-state index is 0.179. The van der Waals surface area contributed by atoms with E-state index in [4.69, 9.17) is 15.9 Å². The Morgan fingerprint density at radius 2 is 1.80 bits per heavy atom. The number of carbonyl (C=O) groups excluding carboxylic acids is 1. The molecule has 35 heavy (non-hydrogen) atoms. The molecule has 0 aliphatic carbocycles. The number of carbonyl (C=O) groups is 1. The van der Waals surface area contributed by atoms with Gasteiger partial charge in [-0.3, -0.25) is 4.79 Å². The van der Waals surface area contributed by atoms with Crippen LogP contribution in [0.5, 0.6) is 11.5 Å². The predicted molar refractivity (Wildman–Crippen MR) is 133 cm³/mol. The van der Waals surface area contributed by atoms with Crippen LogP contribution in [0.2, 0.25) is 0 Å². The van der Waals surface area contributed by atoms with Gasteiger partial charge in [0.15, 0.2) is 16.3 Å². The first-order valence-electron chi connectivity index (χ1n) is 11.4. The molecule has 0 saturated carbocycles. The third-order valence-corrected chi connectivity index (χ3v) is 9.23. The predicted octanol–water partition coefficient (Wildman–Crippen LogP) is 3.27. The van der Waals surface area contributed by atoms with Crippen molar-refractivity contribution >= 4 is 37.5 Å². The molecule has 10 heteroatoms. The first-order valence-corrected chi connectivity index (χ1v) is 13.7. The second-order valence-electron chi connectivity index (χ2n) is 8.67. The summed E-state index contributed by atoms with van der Waals surface area (Å²) in [6.45, 7) is 4.34. The number of benzene rings is 2. The first-order chi connectivity index (χ1) is 16.9. The summed E-state index contributed by atoms with van der Waals surface area (Å²) in [7, 11) is -3.58. The van der Waals surface area contributed by atoms with Gasteiger partial charge in [-0.15, -0.1) is 6.42 Å². The molecule has 1 aromatic heterocycles. The lowest BCUT2D eigenvalue weighted by Crippen LogP contribution is -2.37. The van der Waals surface area contributed by atoms with Crippen LogP contribution >= 0.6 is 11.3 Å². The minimum atomic E-state index is -3.58. The van der Waals surface area contributed by atoms with E-state index >= 15 is 0 Å². The molecule has 5 rings (SSSR count). The lowest BCUT2D eigenvalue weighted by Gasteiger charge is -2.29. The Morgan fingerprint density at radius 1 is 1.14 bits per heavy atom. The summed E-state index contributed by atoms with van der Waals surface area (Å²) in [5.74, 6) is 3.94. The highest BCUT2D eigenvalue weighted by Crippen LogP contribution is 2.35. The van der Waals surface area contributed by atoms with Gasteiger partial charge in [0.2, 0.25) is 10.0 Å². The average Bonchev–Trinajstić information content (AvgIpc) is 3.18. The van der Waals surface area contributed by atoms with E-state index in [9.17, 15) is 13.2 Å². The van der Waals surface area contributed by atoms with Crippen molar-refractivity contribution in [1.82, 2.24) is 8.87 Å². The maximum absolute atomic E-state index is 13.0.